The van der Waals surface area contributed by atoms with Crippen LogP contribution in [-0.2, 0) is 6.42 Å². The molecule has 3 rings (SSSR count). The standard InChI is InChI=1S/C16H24N6O/c1-3-12-11-15(22-14(19-12)5-8-18-22)20-13-6-9-21(10-7-13)16(23)17-4-2/h5,8,11,13,20H,3-4,6-7,9-10H2,1-2H3,(H,17,23). The van der Waals surface area contributed by atoms with Crippen molar-refractivity contribution in [2.24, 2.45) is 0 Å². The first-order valence-corrected chi connectivity index (χ1v) is 8.34. The molecule has 23 heavy (non-hydrogen) atoms. The molecule has 0 radical (unpaired) electrons. The molecule has 0 atom stereocenters. The van der Waals surface area contributed by atoms with Crippen LogP contribution in [0.4, 0.5) is 10.6 Å². The number of nitrogens with one attached hydrogen (secondary N) is 2. The smallest absolute Gasteiger partial charge is 0.317 e. The van der Waals surface area contributed by atoms with Gasteiger partial charge >= 0.3 is 6.03 Å². The summed E-state index contributed by atoms with van der Waals surface area (Å²) in [6.45, 7) is 6.26. The number of aromatic nitrogens is 3. The molecule has 0 spiro atoms. The van der Waals surface area contributed by atoms with E-state index < -0.39 is 0 Å². The highest BCUT2D eigenvalue weighted by Crippen LogP contribution is 2.18. The van der Waals surface area contributed by atoms with Crippen molar-refractivity contribution in [3.05, 3.63) is 24.0 Å². The van der Waals surface area contributed by atoms with Gasteiger partial charge in [0.1, 0.15) is 5.82 Å². The first-order valence-electron chi connectivity index (χ1n) is 8.34. The number of amides is 2. The molecule has 0 aliphatic carbocycles. The fourth-order valence-electron chi connectivity index (χ4n) is 2.95. The topological polar surface area (TPSA) is 74.6 Å². The molecule has 7 heteroatoms. The second-order valence-electron chi connectivity index (χ2n) is 5.83. The summed E-state index contributed by atoms with van der Waals surface area (Å²) >= 11 is 0. The van der Waals surface area contributed by atoms with Gasteiger partial charge in [0.2, 0.25) is 0 Å². The Bertz CT molecular complexity index is 674. The number of carbonyl (C=O) groups excluding carboxylic acids is 1. The summed E-state index contributed by atoms with van der Waals surface area (Å²) in [4.78, 5) is 18.3. The van der Waals surface area contributed by atoms with E-state index in [0.29, 0.717) is 12.6 Å². The molecular formula is C16H24N6O. The third-order valence-corrected chi connectivity index (χ3v) is 4.24. The second kappa shape index (κ2) is 6.85. The van der Waals surface area contributed by atoms with E-state index in [-0.39, 0.29) is 6.03 Å². The summed E-state index contributed by atoms with van der Waals surface area (Å²) in [6.07, 6.45) is 4.53. The van der Waals surface area contributed by atoms with Crippen molar-refractivity contribution in [3.63, 3.8) is 0 Å². The Hall–Kier alpha value is -2.31. The van der Waals surface area contributed by atoms with Crippen molar-refractivity contribution in [3.8, 4) is 0 Å². The van der Waals surface area contributed by atoms with Crippen molar-refractivity contribution < 1.29 is 4.79 Å². The molecule has 2 aromatic heterocycles. The van der Waals surface area contributed by atoms with Gasteiger partial charge in [-0.15, -0.1) is 0 Å². The van der Waals surface area contributed by atoms with Gasteiger partial charge < -0.3 is 15.5 Å². The van der Waals surface area contributed by atoms with Gasteiger partial charge in [0.25, 0.3) is 0 Å². The average molecular weight is 316 g/mol. The van der Waals surface area contributed by atoms with Gasteiger partial charge in [-0.3, -0.25) is 0 Å². The van der Waals surface area contributed by atoms with E-state index in [2.05, 4.69) is 33.7 Å². The van der Waals surface area contributed by atoms with E-state index in [1.165, 1.54) is 0 Å². The van der Waals surface area contributed by atoms with E-state index in [4.69, 9.17) is 0 Å². The largest absolute Gasteiger partial charge is 0.367 e. The Morgan fingerprint density at radius 2 is 2.13 bits per heavy atom. The number of anilines is 1. The van der Waals surface area contributed by atoms with Crippen molar-refractivity contribution in [2.45, 2.75) is 39.2 Å². The summed E-state index contributed by atoms with van der Waals surface area (Å²) < 4.78 is 1.84. The number of urea groups is 1. The quantitative estimate of drug-likeness (QED) is 0.903. The van der Waals surface area contributed by atoms with Crippen LogP contribution in [0.3, 0.4) is 0 Å². The number of carbonyl (C=O) groups is 1. The number of fused-ring (bicyclic) bond motifs is 1. The molecule has 1 saturated heterocycles. The van der Waals surface area contributed by atoms with Crippen molar-refractivity contribution in [1.82, 2.24) is 24.8 Å². The highest BCUT2D eigenvalue weighted by Gasteiger charge is 2.23. The van der Waals surface area contributed by atoms with E-state index >= 15 is 0 Å². The molecule has 0 unspecified atom stereocenters. The van der Waals surface area contributed by atoms with Crippen molar-refractivity contribution >= 4 is 17.5 Å². The molecule has 1 aliphatic heterocycles. The maximum absolute atomic E-state index is 11.9. The fourth-order valence-corrected chi connectivity index (χ4v) is 2.95. The lowest BCUT2D eigenvalue weighted by molar-refractivity contribution is 0.184. The number of nitrogens with zero attached hydrogens (tertiary/aromatic N) is 4. The lowest BCUT2D eigenvalue weighted by Crippen LogP contribution is -2.46. The molecule has 1 aliphatic rings. The highest BCUT2D eigenvalue weighted by molar-refractivity contribution is 5.74. The van der Waals surface area contributed by atoms with E-state index in [1.54, 1.807) is 6.20 Å². The number of hydrogen-bond acceptors (Lipinski definition) is 4. The minimum Gasteiger partial charge on any atom is -0.367 e. The number of aryl methyl sites for hydroxylation is 1. The molecular weight excluding hydrogens is 292 g/mol. The van der Waals surface area contributed by atoms with Crippen LogP contribution < -0.4 is 10.6 Å². The van der Waals surface area contributed by atoms with Gasteiger partial charge in [-0.2, -0.15) is 9.61 Å². The van der Waals surface area contributed by atoms with Gasteiger partial charge in [0.05, 0.1) is 6.20 Å². The zero-order chi connectivity index (χ0) is 16.2. The predicted octanol–water partition coefficient (Wildman–Crippen LogP) is 1.90. The highest BCUT2D eigenvalue weighted by atomic mass is 16.2. The van der Waals surface area contributed by atoms with Crippen LogP contribution in [0.25, 0.3) is 5.65 Å². The lowest BCUT2D eigenvalue weighted by atomic mass is 10.1. The predicted molar refractivity (Wildman–Crippen MR) is 89.7 cm³/mol. The second-order valence-corrected chi connectivity index (χ2v) is 5.83. The summed E-state index contributed by atoms with van der Waals surface area (Å²) in [5.74, 6) is 0.980. The molecule has 0 bridgehead atoms. The number of rotatable bonds is 4. The van der Waals surface area contributed by atoms with Crippen LogP contribution in [0.2, 0.25) is 0 Å². The van der Waals surface area contributed by atoms with Gasteiger partial charge in [0.15, 0.2) is 5.65 Å². The molecule has 7 nitrogen and oxygen atoms in total. The maximum Gasteiger partial charge on any atom is 0.317 e. The Kier molecular flexibility index (Phi) is 4.64. The van der Waals surface area contributed by atoms with Crippen molar-refractivity contribution in [1.29, 1.82) is 0 Å². The molecule has 0 aromatic carbocycles. The van der Waals surface area contributed by atoms with Gasteiger partial charge in [-0.25, -0.2) is 9.78 Å². The average Bonchev–Trinajstić information content (AvgIpc) is 3.04. The van der Waals surface area contributed by atoms with Crippen LogP contribution >= 0.6 is 0 Å². The van der Waals surface area contributed by atoms with Gasteiger partial charge in [-0.05, 0) is 26.2 Å². The zero-order valence-electron chi connectivity index (χ0n) is 13.7. The summed E-state index contributed by atoms with van der Waals surface area (Å²) in [5, 5.41) is 10.8. The van der Waals surface area contributed by atoms with Crippen LogP contribution in [0.15, 0.2) is 18.3 Å². The minimum absolute atomic E-state index is 0.0394. The van der Waals surface area contributed by atoms with Gasteiger partial charge in [0, 0.05) is 43.5 Å². The Balaban J connectivity index is 1.67. The van der Waals surface area contributed by atoms with Crippen LogP contribution in [0, 0.1) is 0 Å². The molecule has 2 N–H and O–H groups in total. The van der Waals surface area contributed by atoms with E-state index in [1.807, 2.05) is 22.4 Å². The number of hydrogen-bond donors (Lipinski definition) is 2. The Labute approximate surface area is 136 Å². The first-order chi connectivity index (χ1) is 11.2. The maximum atomic E-state index is 11.9. The number of piperidine rings is 1. The zero-order valence-corrected chi connectivity index (χ0v) is 13.7. The summed E-state index contributed by atoms with van der Waals surface area (Å²) in [6, 6.07) is 4.37. The number of likely N-dealkylation sites (tertiary alicyclic amines) is 1. The third kappa shape index (κ3) is 3.38. The Morgan fingerprint density at radius 3 is 2.83 bits per heavy atom. The summed E-state index contributed by atoms with van der Waals surface area (Å²) in [5.41, 5.74) is 1.92. The summed E-state index contributed by atoms with van der Waals surface area (Å²) in [7, 11) is 0. The molecule has 124 valence electrons. The monoisotopic (exact) mass is 316 g/mol. The van der Waals surface area contributed by atoms with Gasteiger partial charge in [-0.1, -0.05) is 6.92 Å². The SMILES string of the molecule is CCNC(=O)N1CCC(Nc2cc(CC)nc3ccnn23)CC1. The third-order valence-electron chi connectivity index (χ3n) is 4.24. The van der Waals surface area contributed by atoms with Crippen LogP contribution in [-0.4, -0.2) is 51.2 Å². The van der Waals surface area contributed by atoms with Crippen LogP contribution in [0.1, 0.15) is 32.4 Å². The minimum atomic E-state index is 0.0394. The van der Waals surface area contributed by atoms with E-state index in [0.717, 1.165) is 49.5 Å². The molecule has 1 fully saturated rings. The van der Waals surface area contributed by atoms with Crippen LogP contribution in [0.5, 0.6) is 0 Å². The Morgan fingerprint density at radius 1 is 1.35 bits per heavy atom. The molecule has 0 saturated carbocycles. The van der Waals surface area contributed by atoms with E-state index in [9.17, 15) is 4.79 Å². The molecule has 3 heterocycles. The fraction of sp³-hybridized carbons (Fsp3) is 0.562. The lowest BCUT2D eigenvalue weighted by Gasteiger charge is -2.32. The molecule has 2 aromatic rings. The first kappa shape index (κ1) is 15.6. The normalized spacial score (nSPS) is 15.8. The van der Waals surface area contributed by atoms with Crippen molar-refractivity contribution in [2.75, 3.05) is 25.0 Å². The molecule has 2 amide bonds.